The fourth-order valence-electron chi connectivity index (χ4n) is 2.62. The Hall–Kier alpha value is -2.89. The van der Waals surface area contributed by atoms with Crippen molar-refractivity contribution in [3.63, 3.8) is 0 Å². The van der Waals surface area contributed by atoms with Gasteiger partial charge in [0.2, 0.25) is 0 Å². The van der Waals surface area contributed by atoms with Crippen LogP contribution in [0.25, 0.3) is 0 Å². The van der Waals surface area contributed by atoms with Gasteiger partial charge in [0.05, 0.1) is 0 Å². The first-order valence-corrected chi connectivity index (χ1v) is 7.71. The Balaban J connectivity index is 1.46. The highest BCUT2D eigenvalue weighted by molar-refractivity contribution is 5.95. The zero-order valence-electron chi connectivity index (χ0n) is 13.0. The number of ether oxygens (including phenoxy) is 1. The van der Waals surface area contributed by atoms with Gasteiger partial charge in [0.15, 0.2) is 6.61 Å². The predicted molar refractivity (Wildman–Crippen MR) is 86.0 cm³/mol. The molecular weight excluding hydrogens is 311 g/mol. The van der Waals surface area contributed by atoms with Gasteiger partial charge in [-0.3, -0.25) is 20.4 Å². The molecule has 0 aliphatic heterocycles. The average molecular weight is 328 g/mol. The molecule has 3 rings (SSSR count). The second-order valence-corrected chi connectivity index (χ2v) is 5.58. The van der Waals surface area contributed by atoms with E-state index in [1.54, 1.807) is 0 Å². The first kappa shape index (κ1) is 16.0. The fourth-order valence-corrected chi connectivity index (χ4v) is 2.62. The highest BCUT2D eigenvalue weighted by Gasteiger charge is 2.12. The Kier molecular flexibility index (Phi) is 4.74. The van der Waals surface area contributed by atoms with E-state index >= 15 is 0 Å². The molecule has 0 bridgehead atoms. The van der Waals surface area contributed by atoms with Gasteiger partial charge in [0.1, 0.15) is 11.6 Å². The topological polar surface area (TPSA) is 67.4 Å². The minimum absolute atomic E-state index is 0.206. The van der Waals surface area contributed by atoms with Crippen molar-refractivity contribution in [2.75, 3.05) is 6.61 Å². The number of hydrazine groups is 1. The van der Waals surface area contributed by atoms with E-state index in [4.69, 9.17) is 4.74 Å². The highest BCUT2D eigenvalue weighted by Crippen LogP contribution is 2.25. The van der Waals surface area contributed by atoms with Crippen LogP contribution in [0.1, 0.15) is 27.9 Å². The molecule has 0 heterocycles. The van der Waals surface area contributed by atoms with Gasteiger partial charge >= 0.3 is 0 Å². The molecule has 0 aromatic heterocycles. The molecule has 0 saturated heterocycles. The van der Waals surface area contributed by atoms with Gasteiger partial charge in [-0.15, -0.1) is 0 Å². The third-order valence-electron chi connectivity index (χ3n) is 3.86. The lowest BCUT2D eigenvalue weighted by atomic mass is 10.1. The van der Waals surface area contributed by atoms with Crippen molar-refractivity contribution >= 4 is 11.8 Å². The van der Waals surface area contributed by atoms with Crippen LogP contribution < -0.4 is 15.6 Å². The quantitative estimate of drug-likeness (QED) is 0.845. The van der Waals surface area contributed by atoms with Crippen LogP contribution in [-0.4, -0.2) is 18.4 Å². The summed E-state index contributed by atoms with van der Waals surface area (Å²) in [4.78, 5) is 23.5. The van der Waals surface area contributed by atoms with Crippen molar-refractivity contribution in [2.24, 2.45) is 0 Å². The monoisotopic (exact) mass is 328 g/mol. The summed E-state index contributed by atoms with van der Waals surface area (Å²) < 4.78 is 18.2. The summed E-state index contributed by atoms with van der Waals surface area (Å²) in [6.45, 7) is -0.206. The van der Waals surface area contributed by atoms with Crippen molar-refractivity contribution in [3.8, 4) is 5.75 Å². The van der Waals surface area contributed by atoms with E-state index in [9.17, 15) is 14.0 Å². The molecule has 124 valence electrons. The van der Waals surface area contributed by atoms with Crippen LogP contribution in [-0.2, 0) is 17.6 Å². The lowest BCUT2D eigenvalue weighted by molar-refractivity contribution is -0.123. The first-order valence-electron chi connectivity index (χ1n) is 7.71. The van der Waals surface area contributed by atoms with Crippen molar-refractivity contribution < 1.29 is 18.7 Å². The van der Waals surface area contributed by atoms with E-state index in [0.717, 1.165) is 19.3 Å². The molecule has 0 spiro atoms. The Morgan fingerprint density at radius 2 is 1.75 bits per heavy atom. The van der Waals surface area contributed by atoms with Gasteiger partial charge in [-0.25, -0.2) is 4.39 Å². The number of nitrogens with one attached hydrogen (secondary N) is 2. The van der Waals surface area contributed by atoms with Crippen LogP contribution in [0.5, 0.6) is 5.75 Å². The van der Waals surface area contributed by atoms with Crippen LogP contribution in [0.3, 0.4) is 0 Å². The van der Waals surface area contributed by atoms with Crippen LogP contribution in [0, 0.1) is 5.82 Å². The number of fused-ring (bicyclic) bond motifs is 1. The molecule has 0 atom stereocenters. The Morgan fingerprint density at radius 3 is 2.54 bits per heavy atom. The largest absolute Gasteiger partial charge is 0.484 e. The molecule has 6 heteroatoms. The number of halogens is 1. The van der Waals surface area contributed by atoms with Gasteiger partial charge in [0, 0.05) is 5.56 Å². The van der Waals surface area contributed by atoms with E-state index in [2.05, 4.69) is 10.9 Å². The smallest absolute Gasteiger partial charge is 0.276 e. The predicted octanol–water partition coefficient (Wildman–Crippen LogP) is 2.15. The van der Waals surface area contributed by atoms with E-state index in [1.807, 2.05) is 18.2 Å². The maximum Gasteiger partial charge on any atom is 0.276 e. The minimum atomic E-state index is -0.527. The number of hydrogen-bond acceptors (Lipinski definition) is 3. The van der Waals surface area contributed by atoms with Gasteiger partial charge in [0.25, 0.3) is 11.8 Å². The Bertz CT molecular complexity index is 759. The Labute approximate surface area is 138 Å². The molecule has 2 aromatic carbocycles. The van der Waals surface area contributed by atoms with Crippen molar-refractivity contribution in [3.05, 3.63) is 65.0 Å². The molecule has 0 unspecified atom stereocenters. The fraction of sp³-hybridized carbons (Fsp3) is 0.222. The van der Waals surface area contributed by atoms with Gasteiger partial charge < -0.3 is 4.74 Å². The zero-order valence-corrected chi connectivity index (χ0v) is 13.0. The number of aryl methyl sites for hydroxylation is 2. The molecule has 2 aromatic rings. The second kappa shape index (κ2) is 7.12. The highest BCUT2D eigenvalue weighted by atomic mass is 19.1. The summed E-state index contributed by atoms with van der Waals surface area (Å²) in [6, 6.07) is 10.8. The number of carbonyl (C=O) groups excluding carboxylic acids is 2. The molecule has 2 amide bonds. The van der Waals surface area contributed by atoms with E-state index in [1.165, 1.54) is 35.4 Å². The summed E-state index contributed by atoms with van der Waals surface area (Å²) in [5, 5.41) is 0. The number of benzene rings is 2. The van der Waals surface area contributed by atoms with Gasteiger partial charge in [-0.1, -0.05) is 6.07 Å². The molecule has 1 aliphatic rings. The molecule has 24 heavy (non-hydrogen) atoms. The van der Waals surface area contributed by atoms with Crippen LogP contribution >= 0.6 is 0 Å². The summed E-state index contributed by atoms with van der Waals surface area (Å²) in [6.07, 6.45) is 3.27. The van der Waals surface area contributed by atoms with Gasteiger partial charge in [-0.2, -0.15) is 0 Å². The van der Waals surface area contributed by atoms with Crippen LogP contribution in [0.2, 0.25) is 0 Å². The molecule has 5 nitrogen and oxygen atoms in total. The Morgan fingerprint density at radius 1 is 1.00 bits per heavy atom. The lowest BCUT2D eigenvalue weighted by Crippen LogP contribution is -2.43. The summed E-state index contributed by atoms with van der Waals surface area (Å²) in [5.41, 5.74) is 7.36. The summed E-state index contributed by atoms with van der Waals surface area (Å²) in [7, 11) is 0. The van der Waals surface area contributed by atoms with E-state index in [0.29, 0.717) is 5.75 Å². The molecule has 2 N–H and O–H groups in total. The molecule has 1 aliphatic carbocycles. The average Bonchev–Trinajstić information content (AvgIpc) is 3.06. The van der Waals surface area contributed by atoms with E-state index in [-0.39, 0.29) is 12.2 Å². The third kappa shape index (κ3) is 3.90. The lowest BCUT2D eigenvalue weighted by Gasteiger charge is -2.10. The maximum atomic E-state index is 12.8. The number of hydrogen-bond donors (Lipinski definition) is 2. The van der Waals surface area contributed by atoms with Crippen molar-refractivity contribution in [1.29, 1.82) is 0 Å². The standard InChI is InChI=1S/C18H17FN2O3/c19-15-7-4-13(5-8-15)18(23)21-20-17(22)11-24-16-9-6-12-2-1-3-14(12)10-16/h4-10H,1-3,11H2,(H,20,22)(H,21,23). The molecular formula is C18H17FN2O3. The van der Waals surface area contributed by atoms with E-state index < -0.39 is 17.6 Å². The molecule has 0 fully saturated rings. The minimum Gasteiger partial charge on any atom is -0.484 e. The number of amides is 2. The molecule has 0 saturated carbocycles. The summed E-state index contributed by atoms with van der Waals surface area (Å²) >= 11 is 0. The normalized spacial score (nSPS) is 12.4. The number of rotatable bonds is 4. The van der Waals surface area contributed by atoms with Gasteiger partial charge in [-0.05, 0) is 66.8 Å². The SMILES string of the molecule is O=C(COc1ccc2c(c1)CCC2)NNC(=O)c1ccc(F)cc1. The van der Waals surface area contributed by atoms with Crippen LogP contribution in [0.15, 0.2) is 42.5 Å². The number of carbonyl (C=O) groups is 2. The molecule has 0 radical (unpaired) electrons. The second-order valence-electron chi connectivity index (χ2n) is 5.58. The zero-order chi connectivity index (χ0) is 16.9. The maximum absolute atomic E-state index is 12.8. The van der Waals surface area contributed by atoms with Crippen molar-refractivity contribution in [2.45, 2.75) is 19.3 Å². The first-order chi connectivity index (χ1) is 11.6. The summed E-state index contributed by atoms with van der Waals surface area (Å²) in [5.74, 6) is -0.805. The van der Waals surface area contributed by atoms with Crippen molar-refractivity contribution in [1.82, 2.24) is 10.9 Å². The van der Waals surface area contributed by atoms with Crippen LogP contribution in [0.4, 0.5) is 4.39 Å². The third-order valence-corrected chi connectivity index (χ3v) is 3.86.